The smallest absolute Gasteiger partial charge is 0.370 e. The second-order valence-electron chi connectivity index (χ2n) is 7.58. The van der Waals surface area contributed by atoms with Crippen LogP contribution in [0.15, 0.2) is 40.9 Å². The van der Waals surface area contributed by atoms with Crippen molar-refractivity contribution in [3.05, 3.63) is 62.0 Å². The highest BCUT2D eigenvalue weighted by atomic mass is 79.9. The normalized spacial score (nSPS) is 19.4. The molecule has 0 saturated carbocycles. The van der Waals surface area contributed by atoms with Crippen LogP contribution in [0.5, 0.6) is 0 Å². The fourth-order valence-electron chi connectivity index (χ4n) is 3.88. The molecule has 0 spiro atoms. The van der Waals surface area contributed by atoms with Gasteiger partial charge in [0.1, 0.15) is 11.2 Å². The molecular weight excluding hydrogens is 502 g/mol. The average Bonchev–Trinajstić information content (AvgIpc) is 3.13. The van der Waals surface area contributed by atoms with E-state index in [1.807, 2.05) is 25.1 Å². The van der Waals surface area contributed by atoms with E-state index in [9.17, 15) is 18.0 Å². The number of Topliss-reactive ketones (excluding diaryl/α,β-unsaturated/α-hetero) is 1. The number of alkyl halides is 3. The Morgan fingerprint density at radius 1 is 1.17 bits per heavy atom. The molecule has 1 aliphatic heterocycles. The van der Waals surface area contributed by atoms with E-state index in [4.69, 9.17) is 23.2 Å². The first kappa shape index (κ1) is 23.4. The van der Waals surface area contributed by atoms with Crippen LogP contribution in [0.3, 0.4) is 0 Å². The number of benzene rings is 2. The van der Waals surface area contributed by atoms with Gasteiger partial charge in [-0.15, -0.1) is 0 Å². The lowest BCUT2D eigenvalue weighted by molar-refractivity contribution is -0.184. The molecule has 2 aromatic carbocycles. The summed E-state index contributed by atoms with van der Waals surface area (Å²) in [5.41, 5.74) is -0.292. The molecule has 1 aliphatic rings. The van der Waals surface area contributed by atoms with Gasteiger partial charge in [-0.2, -0.15) is 13.2 Å². The van der Waals surface area contributed by atoms with Crippen molar-refractivity contribution in [1.29, 1.82) is 0 Å². The summed E-state index contributed by atoms with van der Waals surface area (Å²) in [6.07, 6.45) is -2.99. The summed E-state index contributed by atoms with van der Waals surface area (Å²) in [5, 5.41) is 0.376. The third-order valence-electron chi connectivity index (χ3n) is 5.70. The van der Waals surface area contributed by atoms with E-state index < -0.39 is 11.6 Å². The molecule has 162 valence electrons. The van der Waals surface area contributed by atoms with Crippen molar-refractivity contribution in [1.82, 2.24) is 0 Å². The number of nitrogens with zero attached hydrogens (tertiary/aromatic N) is 1. The summed E-state index contributed by atoms with van der Waals surface area (Å²) < 4.78 is 43.6. The van der Waals surface area contributed by atoms with Crippen LogP contribution in [0.2, 0.25) is 10.0 Å². The van der Waals surface area contributed by atoms with Crippen molar-refractivity contribution in [3.8, 4) is 0 Å². The standard InChI is InChI=1S/C22H21BrCl2F3NO/c1-2-19(30)6-4-14-3-5-18(12-20(14)23)29-8-7-21(13-29,22(26,27)28)15-9-16(24)11-17(25)10-15/h3,5,9-12H,2,4,6-8,13H2,1H3. The number of carbonyl (C=O) groups is 1. The summed E-state index contributed by atoms with van der Waals surface area (Å²) in [7, 11) is 0. The van der Waals surface area contributed by atoms with Gasteiger partial charge in [-0.1, -0.05) is 52.1 Å². The Morgan fingerprint density at radius 3 is 2.40 bits per heavy atom. The highest BCUT2D eigenvalue weighted by molar-refractivity contribution is 9.10. The number of ketones is 1. The largest absolute Gasteiger partial charge is 0.400 e. The van der Waals surface area contributed by atoms with E-state index in [0.29, 0.717) is 24.9 Å². The second kappa shape index (κ2) is 9.09. The van der Waals surface area contributed by atoms with Crippen molar-refractivity contribution in [2.75, 3.05) is 18.0 Å². The van der Waals surface area contributed by atoms with Gasteiger partial charge in [-0.3, -0.25) is 4.79 Å². The van der Waals surface area contributed by atoms with Gasteiger partial charge < -0.3 is 4.90 Å². The molecule has 0 amide bonds. The minimum absolute atomic E-state index is 0.0858. The van der Waals surface area contributed by atoms with Gasteiger partial charge in [0, 0.05) is 46.1 Å². The Bertz CT molecular complexity index is 930. The lowest BCUT2D eigenvalue weighted by Gasteiger charge is -2.33. The molecule has 2 aromatic rings. The summed E-state index contributed by atoms with van der Waals surface area (Å²) in [5.74, 6) is 0.181. The minimum Gasteiger partial charge on any atom is -0.370 e. The molecule has 1 atom stereocenters. The molecule has 3 rings (SSSR count). The molecule has 0 radical (unpaired) electrons. The Hall–Kier alpha value is -1.24. The van der Waals surface area contributed by atoms with Crippen LogP contribution >= 0.6 is 39.1 Å². The number of anilines is 1. The lowest BCUT2D eigenvalue weighted by Crippen LogP contribution is -2.44. The van der Waals surface area contributed by atoms with Crippen molar-refractivity contribution in [2.24, 2.45) is 0 Å². The van der Waals surface area contributed by atoms with Crippen LogP contribution in [0.25, 0.3) is 0 Å². The van der Waals surface area contributed by atoms with Crippen LogP contribution in [-0.2, 0) is 16.6 Å². The van der Waals surface area contributed by atoms with E-state index in [0.717, 1.165) is 10.0 Å². The number of halogens is 6. The summed E-state index contributed by atoms with van der Waals surface area (Å²) in [4.78, 5) is 13.3. The molecule has 0 aromatic heterocycles. The van der Waals surface area contributed by atoms with E-state index >= 15 is 0 Å². The summed E-state index contributed by atoms with van der Waals surface area (Å²) in [6.45, 7) is 1.87. The zero-order valence-corrected chi connectivity index (χ0v) is 19.4. The molecule has 1 unspecified atom stereocenters. The molecule has 1 saturated heterocycles. The predicted octanol–water partition coefficient (Wildman–Crippen LogP) is 7.38. The van der Waals surface area contributed by atoms with Crippen LogP contribution in [0, 0.1) is 0 Å². The van der Waals surface area contributed by atoms with Crippen LogP contribution < -0.4 is 4.90 Å². The molecular formula is C22H21BrCl2F3NO. The molecule has 8 heteroatoms. The van der Waals surface area contributed by atoms with Crippen molar-refractivity contribution in [2.45, 2.75) is 44.2 Å². The Balaban J connectivity index is 1.87. The van der Waals surface area contributed by atoms with E-state index in [1.54, 1.807) is 4.90 Å². The van der Waals surface area contributed by atoms with E-state index in [2.05, 4.69) is 15.9 Å². The second-order valence-corrected chi connectivity index (χ2v) is 9.30. The molecule has 2 nitrogen and oxygen atoms in total. The fraction of sp³-hybridized carbons (Fsp3) is 0.409. The zero-order valence-electron chi connectivity index (χ0n) is 16.3. The first-order valence-corrected chi connectivity index (χ1v) is 11.2. The fourth-order valence-corrected chi connectivity index (χ4v) is 4.97. The quantitative estimate of drug-likeness (QED) is 0.394. The minimum atomic E-state index is -4.45. The molecule has 1 heterocycles. The highest BCUT2D eigenvalue weighted by Gasteiger charge is 2.59. The number of hydrogen-bond acceptors (Lipinski definition) is 2. The third kappa shape index (κ3) is 4.81. The number of carbonyl (C=O) groups excluding carboxylic acids is 1. The molecule has 1 fully saturated rings. The van der Waals surface area contributed by atoms with Gasteiger partial charge in [-0.25, -0.2) is 0 Å². The maximum absolute atomic E-state index is 14.3. The van der Waals surface area contributed by atoms with Gasteiger partial charge in [-0.05, 0) is 54.3 Å². The van der Waals surface area contributed by atoms with Gasteiger partial charge in [0.2, 0.25) is 0 Å². The van der Waals surface area contributed by atoms with Crippen molar-refractivity contribution in [3.63, 3.8) is 0 Å². The Morgan fingerprint density at radius 2 is 1.83 bits per heavy atom. The zero-order chi connectivity index (χ0) is 22.1. The van der Waals surface area contributed by atoms with Crippen LogP contribution in [-0.4, -0.2) is 25.0 Å². The molecule has 0 bridgehead atoms. The molecule has 0 aliphatic carbocycles. The van der Waals surface area contributed by atoms with Gasteiger partial charge in [0.05, 0.1) is 0 Å². The van der Waals surface area contributed by atoms with Crippen LogP contribution in [0.1, 0.15) is 37.3 Å². The molecule has 0 N–H and O–H groups in total. The van der Waals surface area contributed by atoms with Crippen LogP contribution in [0.4, 0.5) is 18.9 Å². The number of rotatable bonds is 6. The van der Waals surface area contributed by atoms with Gasteiger partial charge in [0.25, 0.3) is 0 Å². The van der Waals surface area contributed by atoms with E-state index in [1.165, 1.54) is 18.2 Å². The Labute approximate surface area is 192 Å². The van der Waals surface area contributed by atoms with Crippen molar-refractivity contribution >= 4 is 50.6 Å². The molecule has 30 heavy (non-hydrogen) atoms. The van der Waals surface area contributed by atoms with Crippen molar-refractivity contribution < 1.29 is 18.0 Å². The van der Waals surface area contributed by atoms with Gasteiger partial charge >= 0.3 is 6.18 Å². The lowest BCUT2D eigenvalue weighted by atomic mass is 9.79. The average molecular weight is 523 g/mol. The summed E-state index contributed by atoms with van der Waals surface area (Å²) in [6, 6.07) is 9.65. The Kier molecular flexibility index (Phi) is 7.10. The number of aryl methyl sites for hydroxylation is 1. The number of hydrogen-bond donors (Lipinski definition) is 0. The maximum Gasteiger partial charge on any atom is 0.400 e. The van der Waals surface area contributed by atoms with Gasteiger partial charge in [0.15, 0.2) is 0 Å². The highest BCUT2D eigenvalue weighted by Crippen LogP contribution is 2.49. The monoisotopic (exact) mass is 521 g/mol. The first-order chi connectivity index (χ1) is 14.1. The topological polar surface area (TPSA) is 20.3 Å². The predicted molar refractivity (Wildman–Crippen MR) is 119 cm³/mol. The summed E-state index contributed by atoms with van der Waals surface area (Å²) >= 11 is 15.5. The van der Waals surface area contributed by atoms with E-state index in [-0.39, 0.29) is 40.9 Å². The SMILES string of the molecule is CCC(=O)CCc1ccc(N2CCC(c3cc(Cl)cc(Cl)c3)(C(F)(F)F)C2)cc1Br. The first-order valence-electron chi connectivity index (χ1n) is 9.64. The maximum atomic E-state index is 14.3. The third-order valence-corrected chi connectivity index (χ3v) is 6.87.